The fourth-order valence-corrected chi connectivity index (χ4v) is 1.83. The first-order chi connectivity index (χ1) is 6.57. The predicted octanol–water partition coefficient (Wildman–Crippen LogP) is -0.107. The average Bonchev–Trinajstić information content (AvgIpc) is 2.63. The summed E-state index contributed by atoms with van der Waals surface area (Å²) in [4.78, 5) is 0. The number of ether oxygens (including phenoxy) is 1. The van der Waals surface area contributed by atoms with Crippen molar-refractivity contribution in [2.24, 2.45) is 0 Å². The lowest BCUT2D eigenvalue weighted by Gasteiger charge is -2.11. The second kappa shape index (κ2) is 5.06. The van der Waals surface area contributed by atoms with Crippen LogP contribution >= 0.6 is 0 Å². The lowest BCUT2D eigenvalue weighted by atomic mass is 10.2. The van der Waals surface area contributed by atoms with Crippen molar-refractivity contribution in [3.05, 3.63) is 0 Å². The van der Waals surface area contributed by atoms with Crippen LogP contribution in [0.25, 0.3) is 0 Å². The largest absolute Gasteiger partial charge is 0.394 e. The maximum absolute atomic E-state index is 11.0. The Balaban J connectivity index is 2.27. The number of hydrogen-bond donors (Lipinski definition) is 1. The number of aliphatic hydroxyl groups excluding tert-OH is 1. The van der Waals surface area contributed by atoms with Crippen molar-refractivity contribution in [3.63, 3.8) is 0 Å². The Kier molecular flexibility index (Phi) is 4.31. The summed E-state index contributed by atoms with van der Waals surface area (Å²) in [6.07, 6.45) is 1.14. The highest BCUT2D eigenvalue weighted by Crippen LogP contribution is 2.19. The Morgan fingerprint density at radius 3 is 2.57 bits per heavy atom. The third-order valence-electron chi connectivity index (χ3n) is 2.19. The minimum Gasteiger partial charge on any atom is -0.394 e. The van der Waals surface area contributed by atoms with Crippen molar-refractivity contribution in [2.45, 2.75) is 32.0 Å². The van der Waals surface area contributed by atoms with Gasteiger partial charge in [-0.15, -0.1) is 0 Å². The summed E-state index contributed by atoms with van der Waals surface area (Å²) in [6, 6.07) is 0. The van der Waals surface area contributed by atoms with E-state index in [1.165, 1.54) is 6.92 Å². The highest BCUT2D eigenvalue weighted by atomic mass is 32.2. The Hall–Kier alpha value is -0.170. The molecule has 1 heterocycles. The van der Waals surface area contributed by atoms with Gasteiger partial charge in [-0.1, -0.05) is 0 Å². The molecule has 0 spiro atoms. The molecule has 1 rings (SSSR count). The van der Waals surface area contributed by atoms with E-state index >= 15 is 0 Å². The standard InChI is InChI=1S/C8H16O5S/c1-2-14(10,11)12-6-8-4-3-7(5-9)13-8/h7-9H,2-6H2,1H3. The average molecular weight is 224 g/mol. The first-order valence-electron chi connectivity index (χ1n) is 4.71. The second-order valence-electron chi connectivity index (χ2n) is 3.27. The first-order valence-corrected chi connectivity index (χ1v) is 6.28. The van der Waals surface area contributed by atoms with Crippen LogP contribution in [0.2, 0.25) is 0 Å². The SMILES string of the molecule is CCS(=O)(=O)OCC1CCC(CO)O1. The molecule has 0 saturated carbocycles. The van der Waals surface area contributed by atoms with Gasteiger partial charge in [-0.2, -0.15) is 8.42 Å². The van der Waals surface area contributed by atoms with Gasteiger partial charge in [-0.25, -0.2) is 0 Å². The molecule has 1 N–H and O–H groups in total. The van der Waals surface area contributed by atoms with Crippen molar-refractivity contribution >= 4 is 10.1 Å². The van der Waals surface area contributed by atoms with Crippen molar-refractivity contribution in [1.82, 2.24) is 0 Å². The molecule has 1 fully saturated rings. The minimum absolute atomic E-state index is 0.0168. The molecule has 5 nitrogen and oxygen atoms in total. The summed E-state index contributed by atoms with van der Waals surface area (Å²) in [5.41, 5.74) is 0. The summed E-state index contributed by atoms with van der Waals surface area (Å²) >= 11 is 0. The lowest BCUT2D eigenvalue weighted by Crippen LogP contribution is -2.21. The van der Waals surface area contributed by atoms with E-state index in [2.05, 4.69) is 0 Å². The molecule has 2 atom stereocenters. The van der Waals surface area contributed by atoms with Gasteiger partial charge in [0.15, 0.2) is 0 Å². The van der Waals surface area contributed by atoms with Gasteiger partial charge in [0, 0.05) is 0 Å². The molecule has 1 saturated heterocycles. The lowest BCUT2D eigenvalue weighted by molar-refractivity contribution is -0.00619. The first kappa shape index (κ1) is 11.9. The Morgan fingerprint density at radius 2 is 2.07 bits per heavy atom. The molecule has 0 radical (unpaired) electrons. The van der Waals surface area contributed by atoms with E-state index in [1.807, 2.05) is 0 Å². The third kappa shape index (κ3) is 3.53. The van der Waals surface area contributed by atoms with Crippen LogP contribution in [0.1, 0.15) is 19.8 Å². The Morgan fingerprint density at radius 1 is 1.43 bits per heavy atom. The van der Waals surface area contributed by atoms with E-state index in [4.69, 9.17) is 14.0 Å². The normalized spacial score (nSPS) is 28.1. The van der Waals surface area contributed by atoms with Crippen LogP contribution in [-0.2, 0) is 19.0 Å². The fourth-order valence-electron chi connectivity index (χ4n) is 1.30. The number of hydrogen-bond acceptors (Lipinski definition) is 5. The zero-order valence-corrected chi connectivity index (χ0v) is 9.00. The Labute approximate surface area is 84.1 Å². The van der Waals surface area contributed by atoms with Gasteiger partial charge in [0.1, 0.15) is 0 Å². The maximum Gasteiger partial charge on any atom is 0.267 e. The molecule has 84 valence electrons. The predicted molar refractivity (Wildman–Crippen MR) is 50.4 cm³/mol. The van der Waals surface area contributed by atoms with E-state index < -0.39 is 10.1 Å². The molecule has 14 heavy (non-hydrogen) atoms. The highest BCUT2D eigenvalue weighted by molar-refractivity contribution is 7.86. The van der Waals surface area contributed by atoms with Crippen LogP contribution in [0.5, 0.6) is 0 Å². The smallest absolute Gasteiger partial charge is 0.267 e. The zero-order chi connectivity index (χ0) is 10.6. The summed E-state index contributed by atoms with van der Waals surface area (Å²) in [5, 5.41) is 8.77. The topological polar surface area (TPSA) is 72.8 Å². The molecule has 6 heteroatoms. The summed E-state index contributed by atoms with van der Waals surface area (Å²) in [5.74, 6) is -0.0247. The number of rotatable bonds is 5. The van der Waals surface area contributed by atoms with Gasteiger partial charge in [0.25, 0.3) is 10.1 Å². The van der Waals surface area contributed by atoms with Gasteiger partial charge in [-0.3, -0.25) is 4.18 Å². The molecular weight excluding hydrogens is 208 g/mol. The molecule has 0 aromatic heterocycles. The van der Waals surface area contributed by atoms with Crippen molar-refractivity contribution in [3.8, 4) is 0 Å². The van der Waals surface area contributed by atoms with Crippen LogP contribution in [0.15, 0.2) is 0 Å². The molecular formula is C8H16O5S. The maximum atomic E-state index is 11.0. The molecule has 0 bridgehead atoms. The monoisotopic (exact) mass is 224 g/mol. The summed E-state index contributed by atoms with van der Waals surface area (Å²) < 4.78 is 32.0. The van der Waals surface area contributed by atoms with Gasteiger partial charge >= 0.3 is 0 Å². The van der Waals surface area contributed by atoms with Crippen LogP contribution in [0, 0.1) is 0 Å². The molecule has 0 amide bonds. The molecule has 0 aliphatic carbocycles. The van der Waals surface area contributed by atoms with Crippen LogP contribution in [0.3, 0.4) is 0 Å². The third-order valence-corrected chi connectivity index (χ3v) is 3.39. The van der Waals surface area contributed by atoms with E-state index in [9.17, 15) is 8.42 Å². The summed E-state index contributed by atoms with van der Waals surface area (Å²) in [6.45, 7) is 1.57. The van der Waals surface area contributed by atoms with Gasteiger partial charge < -0.3 is 9.84 Å². The van der Waals surface area contributed by atoms with Crippen LogP contribution < -0.4 is 0 Å². The van der Waals surface area contributed by atoms with Crippen molar-refractivity contribution < 1.29 is 22.4 Å². The highest BCUT2D eigenvalue weighted by Gasteiger charge is 2.26. The van der Waals surface area contributed by atoms with Crippen molar-refractivity contribution in [2.75, 3.05) is 19.0 Å². The molecule has 0 aromatic carbocycles. The van der Waals surface area contributed by atoms with Gasteiger partial charge in [0.2, 0.25) is 0 Å². The van der Waals surface area contributed by atoms with Crippen LogP contribution in [0.4, 0.5) is 0 Å². The van der Waals surface area contributed by atoms with E-state index in [0.717, 1.165) is 12.8 Å². The van der Waals surface area contributed by atoms with E-state index in [0.29, 0.717) is 0 Å². The quantitative estimate of drug-likeness (QED) is 0.660. The van der Waals surface area contributed by atoms with E-state index in [1.54, 1.807) is 0 Å². The molecule has 1 aliphatic heterocycles. The van der Waals surface area contributed by atoms with Gasteiger partial charge in [0.05, 0.1) is 31.2 Å². The summed E-state index contributed by atoms with van der Waals surface area (Å²) in [7, 11) is -3.37. The van der Waals surface area contributed by atoms with Crippen LogP contribution in [-0.4, -0.2) is 44.7 Å². The molecule has 0 aromatic rings. The zero-order valence-electron chi connectivity index (χ0n) is 8.18. The number of aliphatic hydroxyl groups is 1. The molecule has 1 aliphatic rings. The van der Waals surface area contributed by atoms with Gasteiger partial charge in [-0.05, 0) is 19.8 Å². The fraction of sp³-hybridized carbons (Fsp3) is 1.00. The molecule has 2 unspecified atom stereocenters. The second-order valence-corrected chi connectivity index (χ2v) is 5.20. The van der Waals surface area contributed by atoms with Crippen molar-refractivity contribution in [1.29, 1.82) is 0 Å². The minimum atomic E-state index is -3.37. The Bertz CT molecular complexity index is 261. The van der Waals surface area contributed by atoms with E-state index in [-0.39, 0.29) is 31.2 Å².